The highest BCUT2D eigenvalue weighted by Gasteiger charge is 2.12. The predicted molar refractivity (Wildman–Crippen MR) is 73.4 cm³/mol. The van der Waals surface area contributed by atoms with Gasteiger partial charge in [0.15, 0.2) is 12.2 Å². The smallest absolute Gasteiger partial charge is 0.181 e. The third kappa shape index (κ3) is 2.79. The van der Waals surface area contributed by atoms with Crippen molar-refractivity contribution in [2.24, 2.45) is 0 Å². The van der Waals surface area contributed by atoms with Crippen molar-refractivity contribution in [2.75, 3.05) is 6.54 Å². The second-order valence-electron chi connectivity index (χ2n) is 4.62. The lowest BCUT2D eigenvalue weighted by Crippen LogP contribution is -2.14. The fourth-order valence-electron chi connectivity index (χ4n) is 2.07. The van der Waals surface area contributed by atoms with E-state index in [0.29, 0.717) is 0 Å². The summed E-state index contributed by atoms with van der Waals surface area (Å²) in [7, 11) is 0. The lowest BCUT2D eigenvalue weighted by atomic mass is 10.0. The van der Waals surface area contributed by atoms with E-state index in [2.05, 4.69) is 49.3 Å². The molecule has 0 aliphatic carbocycles. The Labute approximate surface area is 108 Å². The average Bonchev–Trinajstić information content (AvgIpc) is 2.78. The van der Waals surface area contributed by atoms with Crippen LogP contribution in [0, 0.1) is 13.8 Å². The van der Waals surface area contributed by atoms with Gasteiger partial charge in [0.2, 0.25) is 0 Å². The second kappa shape index (κ2) is 5.83. The molecule has 0 fully saturated rings. The van der Waals surface area contributed by atoms with Crippen molar-refractivity contribution in [1.82, 2.24) is 10.3 Å². The van der Waals surface area contributed by atoms with Crippen molar-refractivity contribution in [1.29, 1.82) is 0 Å². The monoisotopic (exact) mass is 244 g/mol. The Balaban J connectivity index is 2.25. The quantitative estimate of drug-likeness (QED) is 0.818. The van der Waals surface area contributed by atoms with Crippen LogP contribution < -0.4 is 5.32 Å². The van der Waals surface area contributed by atoms with Crippen molar-refractivity contribution in [3.8, 4) is 11.3 Å². The number of oxazole rings is 1. The van der Waals surface area contributed by atoms with Gasteiger partial charge in [0.05, 0.1) is 0 Å². The molecular formula is C15H20N2O. The molecule has 0 atom stereocenters. The molecule has 1 aromatic carbocycles. The van der Waals surface area contributed by atoms with Gasteiger partial charge in [-0.1, -0.05) is 30.7 Å². The number of aryl methyl sites for hydroxylation is 2. The first-order valence-electron chi connectivity index (χ1n) is 6.43. The zero-order valence-corrected chi connectivity index (χ0v) is 11.3. The standard InChI is InChI=1S/C15H20N2O/c1-4-7-16-9-14-15(18-10-17-14)13-6-5-11(2)8-12(13)3/h5-6,8,10,16H,4,7,9H2,1-3H3. The Morgan fingerprint density at radius 1 is 1.28 bits per heavy atom. The Kier molecular flexibility index (Phi) is 4.15. The van der Waals surface area contributed by atoms with Crippen LogP contribution in [0.4, 0.5) is 0 Å². The molecule has 1 heterocycles. The van der Waals surface area contributed by atoms with Crippen LogP contribution in [0.2, 0.25) is 0 Å². The van der Waals surface area contributed by atoms with Crippen LogP contribution in [0.1, 0.15) is 30.2 Å². The second-order valence-corrected chi connectivity index (χ2v) is 4.62. The number of nitrogens with one attached hydrogen (secondary N) is 1. The Bertz CT molecular complexity index is 517. The van der Waals surface area contributed by atoms with Gasteiger partial charge in [0.25, 0.3) is 0 Å². The number of rotatable bonds is 5. The van der Waals surface area contributed by atoms with E-state index in [1.807, 2.05) is 0 Å². The summed E-state index contributed by atoms with van der Waals surface area (Å²) in [6.07, 6.45) is 2.65. The van der Waals surface area contributed by atoms with Crippen molar-refractivity contribution in [3.05, 3.63) is 41.4 Å². The van der Waals surface area contributed by atoms with Crippen LogP contribution in [0.5, 0.6) is 0 Å². The number of aromatic nitrogens is 1. The van der Waals surface area contributed by atoms with E-state index in [-0.39, 0.29) is 0 Å². The van der Waals surface area contributed by atoms with E-state index < -0.39 is 0 Å². The van der Waals surface area contributed by atoms with Gasteiger partial charge in [0.1, 0.15) is 5.69 Å². The van der Waals surface area contributed by atoms with E-state index in [9.17, 15) is 0 Å². The Morgan fingerprint density at radius 2 is 2.11 bits per heavy atom. The van der Waals surface area contributed by atoms with Crippen LogP contribution in [-0.4, -0.2) is 11.5 Å². The molecule has 0 saturated carbocycles. The number of benzene rings is 1. The maximum Gasteiger partial charge on any atom is 0.181 e. The van der Waals surface area contributed by atoms with Crippen molar-refractivity contribution in [3.63, 3.8) is 0 Å². The molecule has 2 rings (SSSR count). The fraction of sp³-hybridized carbons (Fsp3) is 0.400. The molecule has 3 heteroatoms. The summed E-state index contributed by atoms with van der Waals surface area (Å²) >= 11 is 0. The summed E-state index contributed by atoms with van der Waals surface area (Å²) in [4.78, 5) is 4.30. The molecule has 0 aliphatic rings. The van der Waals surface area contributed by atoms with Crippen LogP contribution >= 0.6 is 0 Å². The largest absolute Gasteiger partial charge is 0.443 e. The predicted octanol–water partition coefficient (Wildman–Crippen LogP) is 3.46. The summed E-state index contributed by atoms with van der Waals surface area (Å²) in [6.45, 7) is 8.11. The minimum absolute atomic E-state index is 0.757. The van der Waals surface area contributed by atoms with Crippen LogP contribution in [-0.2, 0) is 6.54 Å². The van der Waals surface area contributed by atoms with Crippen LogP contribution in [0.3, 0.4) is 0 Å². The number of hydrogen-bond donors (Lipinski definition) is 1. The summed E-state index contributed by atoms with van der Waals surface area (Å²) in [5, 5.41) is 3.36. The molecule has 0 unspecified atom stereocenters. The first-order valence-corrected chi connectivity index (χ1v) is 6.43. The Morgan fingerprint density at radius 3 is 2.83 bits per heavy atom. The highest BCUT2D eigenvalue weighted by molar-refractivity contribution is 5.64. The topological polar surface area (TPSA) is 38.1 Å². The van der Waals surface area contributed by atoms with Gasteiger partial charge in [-0.15, -0.1) is 0 Å². The molecule has 0 radical (unpaired) electrons. The summed E-state index contributed by atoms with van der Waals surface area (Å²) in [5.41, 5.74) is 4.60. The normalized spacial score (nSPS) is 10.8. The molecule has 2 aromatic rings. The lowest BCUT2D eigenvalue weighted by molar-refractivity contribution is 0.569. The van der Waals surface area contributed by atoms with E-state index in [1.165, 1.54) is 17.5 Å². The first kappa shape index (κ1) is 12.8. The van der Waals surface area contributed by atoms with E-state index in [0.717, 1.165) is 36.5 Å². The Hall–Kier alpha value is -1.61. The average molecular weight is 244 g/mol. The van der Waals surface area contributed by atoms with Gasteiger partial charge in [-0.3, -0.25) is 0 Å². The molecule has 0 amide bonds. The summed E-state index contributed by atoms with van der Waals surface area (Å²) in [5.74, 6) is 0.885. The molecule has 18 heavy (non-hydrogen) atoms. The maximum absolute atomic E-state index is 5.55. The maximum atomic E-state index is 5.55. The summed E-state index contributed by atoms with van der Waals surface area (Å²) in [6, 6.07) is 6.38. The molecule has 0 aliphatic heterocycles. The van der Waals surface area contributed by atoms with Gasteiger partial charge in [-0.05, 0) is 32.4 Å². The van der Waals surface area contributed by atoms with E-state index in [1.54, 1.807) is 0 Å². The fourth-order valence-corrected chi connectivity index (χ4v) is 2.07. The minimum Gasteiger partial charge on any atom is -0.443 e. The highest BCUT2D eigenvalue weighted by Crippen LogP contribution is 2.27. The van der Waals surface area contributed by atoms with Crippen LogP contribution in [0.25, 0.3) is 11.3 Å². The number of hydrogen-bond acceptors (Lipinski definition) is 3. The molecule has 0 bridgehead atoms. The molecule has 1 N–H and O–H groups in total. The molecule has 1 aromatic heterocycles. The van der Waals surface area contributed by atoms with E-state index in [4.69, 9.17) is 4.42 Å². The molecule has 0 spiro atoms. The SMILES string of the molecule is CCCNCc1ncoc1-c1ccc(C)cc1C. The van der Waals surface area contributed by atoms with E-state index >= 15 is 0 Å². The van der Waals surface area contributed by atoms with Crippen molar-refractivity contribution in [2.45, 2.75) is 33.7 Å². The lowest BCUT2D eigenvalue weighted by Gasteiger charge is -2.06. The first-order chi connectivity index (χ1) is 8.72. The van der Waals surface area contributed by atoms with Gasteiger partial charge < -0.3 is 9.73 Å². The molecule has 3 nitrogen and oxygen atoms in total. The zero-order chi connectivity index (χ0) is 13.0. The summed E-state index contributed by atoms with van der Waals surface area (Å²) < 4.78 is 5.55. The van der Waals surface area contributed by atoms with Gasteiger partial charge in [-0.2, -0.15) is 0 Å². The van der Waals surface area contributed by atoms with Gasteiger partial charge in [0, 0.05) is 12.1 Å². The van der Waals surface area contributed by atoms with Gasteiger partial charge in [-0.25, -0.2) is 4.98 Å². The number of nitrogens with zero attached hydrogens (tertiary/aromatic N) is 1. The highest BCUT2D eigenvalue weighted by atomic mass is 16.3. The zero-order valence-electron chi connectivity index (χ0n) is 11.3. The third-order valence-corrected chi connectivity index (χ3v) is 2.99. The third-order valence-electron chi connectivity index (χ3n) is 2.99. The van der Waals surface area contributed by atoms with Crippen molar-refractivity contribution < 1.29 is 4.42 Å². The molecule has 0 saturated heterocycles. The molecule has 96 valence electrons. The minimum atomic E-state index is 0.757. The van der Waals surface area contributed by atoms with Crippen LogP contribution in [0.15, 0.2) is 29.0 Å². The molecular weight excluding hydrogens is 224 g/mol. The van der Waals surface area contributed by atoms with Crippen molar-refractivity contribution >= 4 is 0 Å². The van der Waals surface area contributed by atoms with Gasteiger partial charge >= 0.3 is 0 Å².